The van der Waals surface area contributed by atoms with Gasteiger partial charge in [0.2, 0.25) is 12.5 Å². The number of anilines is 1. The minimum Gasteiger partial charge on any atom is -0.493 e. The maximum atomic E-state index is 12.6. The van der Waals surface area contributed by atoms with E-state index in [-0.39, 0.29) is 12.7 Å². The van der Waals surface area contributed by atoms with E-state index >= 15 is 0 Å². The quantitative estimate of drug-likeness (QED) is 0.499. The maximum Gasteiger partial charge on any atom is 0.251 e. The first-order valence-electron chi connectivity index (χ1n) is 10.0. The van der Waals surface area contributed by atoms with Crippen LogP contribution in [-0.2, 0) is 0 Å². The van der Waals surface area contributed by atoms with Crippen molar-refractivity contribution in [3.63, 3.8) is 0 Å². The van der Waals surface area contributed by atoms with Crippen LogP contribution in [0.15, 0.2) is 30.3 Å². The smallest absolute Gasteiger partial charge is 0.251 e. The molecular formula is C23H22N4O6. The van der Waals surface area contributed by atoms with Crippen LogP contribution < -0.4 is 34.3 Å². The average Bonchev–Trinajstić information content (AvgIpc) is 3.30. The van der Waals surface area contributed by atoms with Crippen LogP contribution in [0.1, 0.15) is 15.9 Å². The van der Waals surface area contributed by atoms with Gasteiger partial charge in [-0.05, 0) is 24.3 Å². The summed E-state index contributed by atoms with van der Waals surface area (Å²) in [5, 5.41) is 16.2. The summed E-state index contributed by atoms with van der Waals surface area (Å²) < 4.78 is 26.6. The second-order valence-corrected chi connectivity index (χ2v) is 6.99. The van der Waals surface area contributed by atoms with Gasteiger partial charge in [0.25, 0.3) is 5.91 Å². The van der Waals surface area contributed by atoms with Crippen LogP contribution >= 0.6 is 0 Å². The van der Waals surface area contributed by atoms with E-state index in [2.05, 4.69) is 21.7 Å². The van der Waals surface area contributed by atoms with Crippen LogP contribution in [0.2, 0.25) is 0 Å². The second-order valence-electron chi connectivity index (χ2n) is 6.99. The molecule has 0 aliphatic carbocycles. The zero-order chi connectivity index (χ0) is 23.4. The van der Waals surface area contributed by atoms with Crippen molar-refractivity contribution in [3.8, 4) is 34.8 Å². The molecule has 0 saturated heterocycles. The van der Waals surface area contributed by atoms with E-state index in [1.807, 2.05) is 0 Å². The summed E-state index contributed by atoms with van der Waals surface area (Å²) in [6.07, 6.45) is 0. The zero-order valence-corrected chi connectivity index (χ0v) is 18.4. The lowest BCUT2D eigenvalue weighted by Crippen LogP contribution is -2.29. The molecule has 1 aromatic heterocycles. The van der Waals surface area contributed by atoms with E-state index in [0.717, 1.165) is 5.39 Å². The molecule has 0 bridgehead atoms. The largest absolute Gasteiger partial charge is 0.493 e. The van der Waals surface area contributed by atoms with E-state index < -0.39 is 0 Å². The fourth-order valence-corrected chi connectivity index (χ4v) is 3.46. The summed E-state index contributed by atoms with van der Waals surface area (Å²) in [4.78, 5) is 17.1. The molecule has 0 radical (unpaired) electrons. The predicted octanol–water partition coefficient (Wildman–Crippen LogP) is 2.70. The number of hydrogen-bond donors (Lipinski definition) is 2. The maximum absolute atomic E-state index is 12.6. The molecule has 4 rings (SSSR count). The third kappa shape index (κ3) is 4.34. The summed E-state index contributed by atoms with van der Waals surface area (Å²) in [5.74, 6) is 2.54. The number of fused-ring (bicyclic) bond motifs is 2. The summed E-state index contributed by atoms with van der Waals surface area (Å²) >= 11 is 0. The lowest BCUT2D eigenvalue weighted by Gasteiger charge is -2.14. The minimum atomic E-state index is -0.309. The molecule has 0 saturated carbocycles. The Balaban J connectivity index is 1.43. The lowest BCUT2D eigenvalue weighted by atomic mass is 10.1. The first-order chi connectivity index (χ1) is 16.1. The van der Waals surface area contributed by atoms with Crippen molar-refractivity contribution in [1.29, 1.82) is 5.26 Å². The molecular weight excluding hydrogens is 428 g/mol. The Hall–Kier alpha value is -4.39. The molecule has 1 aliphatic rings. The molecule has 2 N–H and O–H groups in total. The van der Waals surface area contributed by atoms with Crippen LogP contribution in [0, 0.1) is 11.3 Å². The molecule has 170 valence electrons. The van der Waals surface area contributed by atoms with Gasteiger partial charge in [-0.15, -0.1) is 0 Å². The van der Waals surface area contributed by atoms with Crippen molar-refractivity contribution in [2.75, 3.05) is 46.5 Å². The number of carbonyl (C=O) groups is 1. The highest BCUT2D eigenvalue weighted by Gasteiger charge is 2.18. The highest BCUT2D eigenvalue weighted by molar-refractivity contribution is 5.95. The Labute approximate surface area is 190 Å². The number of nitriles is 1. The number of carbonyl (C=O) groups excluding carboxylic acids is 1. The Kier molecular flexibility index (Phi) is 6.22. The average molecular weight is 450 g/mol. The van der Waals surface area contributed by atoms with Gasteiger partial charge in [-0.3, -0.25) is 4.79 Å². The Morgan fingerprint density at radius 3 is 2.36 bits per heavy atom. The summed E-state index contributed by atoms with van der Waals surface area (Å²) in [6, 6.07) is 10.6. The Morgan fingerprint density at radius 2 is 1.73 bits per heavy atom. The molecule has 10 heteroatoms. The van der Waals surface area contributed by atoms with Crippen molar-refractivity contribution in [2.24, 2.45) is 0 Å². The van der Waals surface area contributed by atoms with E-state index in [4.69, 9.17) is 23.7 Å². The predicted molar refractivity (Wildman–Crippen MR) is 120 cm³/mol. The fourth-order valence-electron chi connectivity index (χ4n) is 3.46. The van der Waals surface area contributed by atoms with E-state index in [1.54, 1.807) is 30.3 Å². The lowest BCUT2D eigenvalue weighted by molar-refractivity contribution is 0.0954. The minimum absolute atomic E-state index is 0.160. The number of benzene rings is 2. The molecule has 2 aromatic carbocycles. The first kappa shape index (κ1) is 21.8. The third-order valence-corrected chi connectivity index (χ3v) is 5.06. The molecule has 10 nitrogen and oxygen atoms in total. The van der Waals surface area contributed by atoms with Crippen LogP contribution in [0.5, 0.6) is 28.7 Å². The van der Waals surface area contributed by atoms with Crippen LogP contribution in [-0.4, -0.2) is 52.1 Å². The molecule has 1 amide bonds. The molecule has 0 atom stereocenters. The fraction of sp³-hybridized carbons (Fsp3) is 0.261. The van der Waals surface area contributed by atoms with Gasteiger partial charge >= 0.3 is 0 Å². The van der Waals surface area contributed by atoms with Crippen molar-refractivity contribution in [3.05, 3.63) is 41.5 Å². The van der Waals surface area contributed by atoms with E-state index in [1.165, 1.54) is 21.3 Å². The Morgan fingerprint density at radius 1 is 1.03 bits per heavy atom. The van der Waals surface area contributed by atoms with Gasteiger partial charge in [0.05, 0.1) is 32.4 Å². The SMILES string of the molecule is COc1cc(C(=O)NCCNc2nc3cc4c(cc3cc2C#N)OCO4)cc(OC)c1OC. The Bertz CT molecular complexity index is 1230. The van der Waals surface area contributed by atoms with Gasteiger partial charge < -0.3 is 34.3 Å². The van der Waals surface area contributed by atoms with E-state index in [9.17, 15) is 10.1 Å². The number of rotatable bonds is 8. The summed E-state index contributed by atoms with van der Waals surface area (Å²) in [5.41, 5.74) is 1.42. The number of aromatic nitrogens is 1. The van der Waals surface area contributed by atoms with Crippen molar-refractivity contribution < 1.29 is 28.5 Å². The zero-order valence-electron chi connectivity index (χ0n) is 18.4. The monoisotopic (exact) mass is 450 g/mol. The molecule has 0 spiro atoms. The van der Waals surface area contributed by atoms with E-state index in [0.29, 0.717) is 64.3 Å². The highest BCUT2D eigenvalue weighted by atomic mass is 16.7. The van der Waals surface area contributed by atoms with Crippen molar-refractivity contribution in [1.82, 2.24) is 10.3 Å². The standard InChI is InChI=1S/C23H22N4O6/c1-29-19-8-14(9-20(30-2)21(19)31-3)23(28)26-5-4-25-22-15(11-24)6-13-7-17-18(33-12-32-17)10-16(13)27-22/h6-10H,4-5,12H2,1-3H3,(H,25,27)(H,26,28). The molecule has 1 aliphatic heterocycles. The van der Waals surface area contributed by atoms with Gasteiger partial charge in [-0.25, -0.2) is 4.98 Å². The summed E-state index contributed by atoms with van der Waals surface area (Å²) in [7, 11) is 4.47. The van der Waals surface area contributed by atoms with Crippen molar-refractivity contribution in [2.45, 2.75) is 0 Å². The number of pyridine rings is 1. The van der Waals surface area contributed by atoms with Crippen LogP contribution in [0.25, 0.3) is 10.9 Å². The number of ether oxygens (including phenoxy) is 5. The first-order valence-corrected chi connectivity index (χ1v) is 10.0. The number of nitrogens with zero attached hydrogens (tertiary/aromatic N) is 2. The highest BCUT2D eigenvalue weighted by Crippen LogP contribution is 2.38. The second kappa shape index (κ2) is 9.40. The normalized spacial score (nSPS) is 11.6. The molecule has 0 unspecified atom stereocenters. The van der Waals surface area contributed by atoms with Gasteiger partial charge in [-0.1, -0.05) is 0 Å². The van der Waals surface area contributed by atoms with Gasteiger partial charge in [0.15, 0.2) is 23.0 Å². The topological polar surface area (TPSA) is 124 Å². The molecule has 0 fully saturated rings. The number of nitrogens with one attached hydrogen (secondary N) is 2. The van der Waals surface area contributed by atoms with Crippen molar-refractivity contribution >= 4 is 22.6 Å². The number of hydrogen-bond acceptors (Lipinski definition) is 9. The van der Waals surface area contributed by atoms with Crippen LogP contribution in [0.3, 0.4) is 0 Å². The van der Waals surface area contributed by atoms with Gasteiger partial charge in [0.1, 0.15) is 11.9 Å². The number of methoxy groups -OCH3 is 3. The molecule has 2 heterocycles. The summed E-state index contributed by atoms with van der Waals surface area (Å²) in [6.45, 7) is 0.808. The molecule has 3 aromatic rings. The van der Waals surface area contributed by atoms with Gasteiger partial charge in [-0.2, -0.15) is 5.26 Å². The number of amides is 1. The third-order valence-electron chi connectivity index (χ3n) is 5.06. The van der Waals surface area contributed by atoms with Gasteiger partial charge in [0, 0.05) is 30.1 Å². The van der Waals surface area contributed by atoms with Crippen LogP contribution in [0.4, 0.5) is 5.82 Å². The molecule has 33 heavy (non-hydrogen) atoms.